The molecule has 1 aromatic carbocycles. The third-order valence-electron chi connectivity index (χ3n) is 4.79. The fourth-order valence-electron chi connectivity index (χ4n) is 3.20. The van der Waals surface area contributed by atoms with Gasteiger partial charge in [0.2, 0.25) is 5.95 Å². The van der Waals surface area contributed by atoms with Gasteiger partial charge < -0.3 is 5.32 Å². The van der Waals surface area contributed by atoms with Crippen molar-refractivity contribution in [3.63, 3.8) is 0 Å². The molecular formula is C22H21N5O2S. The van der Waals surface area contributed by atoms with Gasteiger partial charge in [0.05, 0.1) is 4.88 Å². The van der Waals surface area contributed by atoms with E-state index in [9.17, 15) is 9.59 Å². The van der Waals surface area contributed by atoms with E-state index in [2.05, 4.69) is 20.4 Å². The Kier molecular flexibility index (Phi) is 5.09. The molecule has 4 aromatic rings. The lowest BCUT2D eigenvalue weighted by Gasteiger charge is -2.10. The number of hydrogen-bond donors (Lipinski definition) is 2. The summed E-state index contributed by atoms with van der Waals surface area (Å²) >= 11 is 1.54. The van der Waals surface area contributed by atoms with Gasteiger partial charge in [0.1, 0.15) is 11.5 Å². The Morgan fingerprint density at radius 3 is 2.47 bits per heavy atom. The molecule has 8 heteroatoms. The molecule has 30 heavy (non-hydrogen) atoms. The molecule has 0 saturated carbocycles. The molecule has 0 aliphatic rings. The third kappa shape index (κ3) is 3.81. The number of nitrogens with one attached hydrogen (secondary N) is 2. The van der Waals surface area contributed by atoms with Gasteiger partial charge in [-0.05, 0) is 51.3 Å². The van der Waals surface area contributed by atoms with Crippen molar-refractivity contribution in [2.45, 2.75) is 27.7 Å². The number of rotatable bonds is 4. The van der Waals surface area contributed by atoms with Crippen LogP contribution in [0.1, 0.15) is 32.7 Å². The first-order valence-corrected chi connectivity index (χ1v) is 10.3. The summed E-state index contributed by atoms with van der Waals surface area (Å²) in [7, 11) is 0. The van der Waals surface area contributed by atoms with Gasteiger partial charge in [0, 0.05) is 22.9 Å². The van der Waals surface area contributed by atoms with E-state index < -0.39 is 0 Å². The zero-order valence-electron chi connectivity index (χ0n) is 17.1. The number of carbonyl (C=O) groups excluding carboxylic acids is 1. The topological polar surface area (TPSA) is 92.7 Å². The van der Waals surface area contributed by atoms with E-state index in [0.29, 0.717) is 28.3 Å². The maximum absolute atomic E-state index is 12.9. The zero-order valence-corrected chi connectivity index (χ0v) is 17.9. The zero-order chi connectivity index (χ0) is 21.4. The molecule has 4 rings (SSSR count). The highest BCUT2D eigenvalue weighted by Gasteiger charge is 2.18. The monoisotopic (exact) mass is 419 g/mol. The fraction of sp³-hybridized carbons (Fsp3) is 0.182. The normalized spacial score (nSPS) is 10.9. The van der Waals surface area contributed by atoms with Crippen LogP contribution in [0.5, 0.6) is 0 Å². The van der Waals surface area contributed by atoms with Crippen molar-refractivity contribution < 1.29 is 4.79 Å². The van der Waals surface area contributed by atoms with Crippen molar-refractivity contribution in [2.24, 2.45) is 0 Å². The number of nitrogens with zero attached hydrogens (tertiary/aromatic N) is 3. The van der Waals surface area contributed by atoms with Crippen LogP contribution in [0.3, 0.4) is 0 Å². The Balaban J connectivity index is 1.80. The van der Waals surface area contributed by atoms with Crippen LogP contribution >= 0.6 is 11.3 Å². The van der Waals surface area contributed by atoms with Gasteiger partial charge in [-0.3, -0.25) is 14.6 Å². The number of carbonyl (C=O) groups is 1. The maximum Gasteiger partial charge on any atom is 0.256 e. The number of aromatic nitrogens is 4. The Bertz CT molecular complexity index is 1280. The van der Waals surface area contributed by atoms with Crippen molar-refractivity contribution in [1.82, 2.24) is 19.7 Å². The molecule has 3 heterocycles. The van der Waals surface area contributed by atoms with Crippen molar-refractivity contribution in [3.05, 3.63) is 80.1 Å². The van der Waals surface area contributed by atoms with Gasteiger partial charge in [-0.25, -0.2) is 4.98 Å². The van der Waals surface area contributed by atoms with Crippen molar-refractivity contribution in [3.8, 4) is 16.5 Å². The van der Waals surface area contributed by atoms with Gasteiger partial charge in [-0.2, -0.15) is 9.78 Å². The SMILES string of the molecule is Cc1cc(C)cc(C(=O)Nc2cc(-c3cccs3)nn2-c2nc(C)c(C)c(=O)[nH]2)c1. The summed E-state index contributed by atoms with van der Waals surface area (Å²) in [5.74, 6) is 0.419. The molecule has 0 unspecified atom stereocenters. The molecule has 7 nitrogen and oxygen atoms in total. The Hall–Kier alpha value is -3.52. The second kappa shape index (κ2) is 7.72. The molecule has 3 aromatic heterocycles. The van der Waals surface area contributed by atoms with Gasteiger partial charge in [-0.1, -0.05) is 23.3 Å². The number of thiophene rings is 1. The second-order valence-electron chi connectivity index (χ2n) is 7.23. The van der Waals surface area contributed by atoms with Crippen LogP contribution in [0.15, 0.2) is 46.6 Å². The van der Waals surface area contributed by atoms with E-state index in [1.807, 2.05) is 49.6 Å². The number of aryl methyl sites for hydroxylation is 3. The lowest BCUT2D eigenvalue weighted by Crippen LogP contribution is -2.21. The Labute approximate surface area is 177 Å². The molecule has 0 bridgehead atoms. The maximum atomic E-state index is 12.9. The predicted molar refractivity (Wildman–Crippen MR) is 119 cm³/mol. The predicted octanol–water partition coefficient (Wildman–Crippen LogP) is 4.17. The molecular weight excluding hydrogens is 398 g/mol. The van der Waals surface area contributed by atoms with E-state index >= 15 is 0 Å². The Morgan fingerprint density at radius 1 is 1.10 bits per heavy atom. The molecule has 0 fully saturated rings. The second-order valence-corrected chi connectivity index (χ2v) is 8.18. The minimum absolute atomic E-state index is 0.239. The van der Waals surface area contributed by atoms with Crippen molar-refractivity contribution >= 4 is 23.1 Å². The molecule has 0 saturated heterocycles. The van der Waals surface area contributed by atoms with Crippen LogP contribution in [0.2, 0.25) is 0 Å². The number of benzene rings is 1. The summed E-state index contributed by atoms with van der Waals surface area (Å²) in [5.41, 5.74) is 4.17. The Morgan fingerprint density at radius 2 is 1.83 bits per heavy atom. The van der Waals surface area contributed by atoms with E-state index in [1.165, 1.54) is 4.68 Å². The quantitative estimate of drug-likeness (QED) is 0.519. The largest absolute Gasteiger partial charge is 0.306 e. The fourth-order valence-corrected chi connectivity index (χ4v) is 3.88. The van der Waals surface area contributed by atoms with Gasteiger partial charge in [0.15, 0.2) is 0 Å². The molecule has 0 aliphatic carbocycles. The molecule has 2 N–H and O–H groups in total. The standard InChI is InChI=1S/C22H21N5O2S/c1-12-8-13(2)10-16(9-12)21(29)24-19-11-17(18-6-5-7-30-18)26-27(19)22-23-15(4)14(3)20(28)25-22/h5-11H,1-4H3,(H,24,29)(H,23,25,28). The average molecular weight is 420 g/mol. The molecule has 152 valence electrons. The highest BCUT2D eigenvalue weighted by molar-refractivity contribution is 7.13. The summed E-state index contributed by atoms with van der Waals surface area (Å²) in [4.78, 5) is 33.4. The first-order chi connectivity index (χ1) is 14.3. The van der Waals surface area contributed by atoms with Crippen LogP contribution in [0.25, 0.3) is 16.5 Å². The van der Waals surface area contributed by atoms with Crippen LogP contribution in [0.4, 0.5) is 5.82 Å². The highest BCUT2D eigenvalue weighted by Crippen LogP contribution is 2.27. The lowest BCUT2D eigenvalue weighted by atomic mass is 10.1. The number of aromatic amines is 1. The van der Waals surface area contributed by atoms with E-state index in [0.717, 1.165) is 16.0 Å². The van der Waals surface area contributed by atoms with E-state index in [1.54, 1.807) is 31.3 Å². The summed E-state index contributed by atoms with van der Waals surface area (Å²) in [5, 5.41) is 9.47. The highest BCUT2D eigenvalue weighted by atomic mass is 32.1. The number of H-pyrrole nitrogens is 1. The number of anilines is 1. The summed E-state index contributed by atoms with van der Waals surface area (Å²) in [6.45, 7) is 7.39. The molecule has 0 spiro atoms. The van der Waals surface area contributed by atoms with E-state index in [-0.39, 0.29) is 17.4 Å². The van der Waals surface area contributed by atoms with Crippen LogP contribution < -0.4 is 10.9 Å². The minimum atomic E-state index is -0.258. The van der Waals surface area contributed by atoms with E-state index in [4.69, 9.17) is 0 Å². The number of hydrogen-bond acceptors (Lipinski definition) is 5. The molecule has 0 aliphatic heterocycles. The first-order valence-electron chi connectivity index (χ1n) is 9.43. The summed E-state index contributed by atoms with van der Waals surface area (Å²) in [6, 6.07) is 11.3. The van der Waals surface area contributed by atoms with Crippen LogP contribution in [-0.2, 0) is 0 Å². The van der Waals surface area contributed by atoms with Crippen molar-refractivity contribution in [1.29, 1.82) is 0 Å². The molecule has 1 amide bonds. The molecule has 0 radical (unpaired) electrons. The van der Waals surface area contributed by atoms with Gasteiger partial charge in [0.25, 0.3) is 11.5 Å². The smallest absolute Gasteiger partial charge is 0.256 e. The minimum Gasteiger partial charge on any atom is -0.306 e. The summed E-state index contributed by atoms with van der Waals surface area (Å²) in [6.07, 6.45) is 0. The lowest BCUT2D eigenvalue weighted by molar-refractivity contribution is 0.102. The van der Waals surface area contributed by atoms with Crippen LogP contribution in [-0.4, -0.2) is 25.7 Å². The summed E-state index contributed by atoms with van der Waals surface area (Å²) < 4.78 is 1.46. The van der Waals surface area contributed by atoms with Gasteiger partial charge in [-0.15, -0.1) is 11.3 Å². The van der Waals surface area contributed by atoms with Crippen LogP contribution in [0, 0.1) is 27.7 Å². The average Bonchev–Trinajstić information content (AvgIpc) is 3.34. The van der Waals surface area contributed by atoms with Gasteiger partial charge >= 0.3 is 0 Å². The molecule has 0 atom stereocenters. The number of amides is 1. The third-order valence-corrected chi connectivity index (χ3v) is 5.68. The van der Waals surface area contributed by atoms with Crippen molar-refractivity contribution in [2.75, 3.05) is 5.32 Å². The first kappa shape index (κ1) is 19.8.